The summed E-state index contributed by atoms with van der Waals surface area (Å²) in [4.78, 5) is 29.6. The Hall–Kier alpha value is -2.90. The van der Waals surface area contributed by atoms with Gasteiger partial charge in [-0.2, -0.15) is 4.98 Å². The first-order chi connectivity index (χ1) is 12.6. The van der Waals surface area contributed by atoms with E-state index in [1.54, 1.807) is 26.2 Å². The van der Waals surface area contributed by atoms with Crippen molar-refractivity contribution in [2.24, 2.45) is 0 Å². The molecule has 0 spiro atoms. The zero-order valence-electron chi connectivity index (χ0n) is 15.0. The maximum atomic E-state index is 12.2. The molecule has 0 aliphatic heterocycles. The Balaban J connectivity index is 1.47. The summed E-state index contributed by atoms with van der Waals surface area (Å²) in [7, 11) is 3.27. The van der Waals surface area contributed by atoms with Crippen LogP contribution in [-0.2, 0) is 13.1 Å². The Labute approximate surface area is 151 Å². The first kappa shape index (κ1) is 17.9. The molecule has 1 fully saturated rings. The summed E-state index contributed by atoms with van der Waals surface area (Å²) >= 11 is 0. The third kappa shape index (κ3) is 4.19. The molecule has 1 aliphatic rings. The van der Waals surface area contributed by atoms with Crippen molar-refractivity contribution in [3.8, 4) is 0 Å². The molecule has 1 heterocycles. The van der Waals surface area contributed by atoms with Gasteiger partial charge in [0.05, 0.1) is 6.54 Å². The average Bonchev–Trinajstić information content (AvgIpc) is 3.05. The van der Waals surface area contributed by atoms with E-state index < -0.39 is 0 Å². The summed E-state index contributed by atoms with van der Waals surface area (Å²) in [6.07, 6.45) is 3.39. The van der Waals surface area contributed by atoms with Crippen LogP contribution in [0.4, 0.5) is 4.79 Å². The van der Waals surface area contributed by atoms with Crippen molar-refractivity contribution in [1.29, 1.82) is 0 Å². The number of hydrogen-bond acceptors (Lipinski definition) is 5. The molecule has 0 saturated heterocycles. The highest BCUT2D eigenvalue weighted by molar-refractivity contribution is 5.93. The van der Waals surface area contributed by atoms with Gasteiger partial charge in [0.25, 0.3) is 5.91 Å². The zero-order valence-corrected chi connectivity index (χ0v) is 15.0. The van der Waals surface area contributed by atoms with E-state index in [4.69, 9.17) is 4.52 Å². The SMILES string of the molecule is CNC(=O)c1ccc(CNC(=O)N(C)Cc2noc(C3CCC3)n2)cc1. The molecule has 1 aromatic heterocycles. The summed E-state index contributed by atoms with van der Waals surface area (Å²) < 4.78 is 5.27. The minimum absolute atomic E-state index is 0.137. The molecule has 1 saturated carbocycles. The number of aromatic nitrogens is 2. The highest BCUT2D eigenvalue weighted by Crippen LogP contribution is 2.35. The van der Waals surface area contributed by atoms with E-state index >= 15 is 0 Å². The number of nitrogens with zero attached hydrogens (tertiary/aromatic N) is 3. The Kier molecular flexibility index (Phi) is 5.50. The van der Waals surface area contributed by atoms with E-state index in [1.165, 1.54) is 11.3 Å². The molecule has 3 amide bonds. The molecule has 0 unspecified atom stereocenters. The molecule has 3 rings (SSSR count). The van der Waals surface area contributed by atoms with Gasteiger partial charge in [0.1, 0.15) is 0 Å². The fourth-order valence-electron chi connectivity index (χ4n) is 2.67. The van der Waals surface area contributed by atoms with Crippen LogP contribution in [0.5, 0.6) is 0 Å². The van der Waals surface area contributed by atoms with E-state index in [9.17, 15) is 9.59 Å². The lowest BCUT2D eigenvalue weighted by Crippen LogP contribution is -2.36. The van der Waals surface area contributed by atoms with Crippen LogP contribution >= 0.6 is 0 Å². The predicted molar refractivity (Wildman–Crippen MR) is 94.4 cm³/mol. The van der Waals surface area contributed by atoms with E-state index in [1.807, 2.05) is 12.1 Å². The van der Waals surface area contributed by atoms with Crippen LogP contribution < -0.4 is 10.6 Å². The maximum absolute atomic E-state index is 12.2. The van der Waals surface area contributed by atoms with Gasteiger partial charge in [0.2, 0.25) is 5.89 Å². The maximum Gasteiger partial charge on any atom is 0.317 e. The van der Waals surface area contributed by atoms with E-state index in [2.05, 4.69) is 20.8 Å². The number of urea groups is 1. The summed E-state index contributed by atoms with van der Waals surface area (Å²) in [6.45, 7) is 0.661. The zero-order chi connectivity index (χ0) is 18.5. The van der Waals surface area contributed by atoms with Crippen molar-refractivity contribution in [2.75, 3.05) is 14.1 Å². The molecular weight excluding hydrogens is 334 g/mol. The summed E-state index contributed by atoms with van der Waals surface area (Å²) in [5, 5.41) is 9.35. The van der Waals surface area contributed by atoms with Crippen LogP contribution in [0.3, 0.4) is 0 Å². The smallest absolute Gasteiger partial charge is 0.317 e. The Morgan fingerprint density at radius 3 is 2.62 bits per heavy atom. The van der Waals surface area contributed by atoms with Gasteiger partial charge < -0.3 is 20.1 Å². The number of rotatable bonds is 6. The van der Waals surface area contributed by atoms with Gasteiger partial charge >= 0.3 is 6.03 Å². The van der Waals surface area contributed by atoms with E-state index in [0.717, 1.165) is 18.4 Å². The third-order valence-electron chi connectivity index (χ3n) is 4.55. The molecule has 1 aromatic carbocycles. The van der Waals surface area contributed by atoms with Crippen LogP contribution in [0.25, 0.3) is 0 Å². The fraction of sp³-hybridized carbons (Fsp3) is 0.444. The molecule has 0 bridgehead atoms. The highest BCUT2D eigenvalue weighted by Gasteiger charge is 2.25. The minimum atomic E-state index is -0.227. The van der Waals surface area contributed by atoms with Crippen LogP contribution in [-0.4, -0.2) is 41.1 Å². The standard InChI is InChI=1S/C18H23N5O3/c1-19-16(24)13-8-6-12(7-9-13)10-20-18(25)23(2)11-15-21-17(26-22-15)14-4-3-5-14/h6-9,14H,3-5,10-11H2,1-2H3,(H,19,24)(H,20,25). The van der Waals surface area contributed by atoms with Crippen molar-refractivity contribution in [2.45, 2.75) is 38.3 Å². The lowest BCUT2D eigenvalue weighted by molar-refractivity contribution is 0.0963. The molecule has 8 nitrogen and oxygen atoms in total. The molecule has 138 valence electrons. The molecule has 1 aliphatic carbocycles. The number of carbonyl (C=O) groups excluding carboxylic acids is 2. The second kappa shape index (κ2) is 7.99. The first-order valence-electron chi connectivity index (χ1n) is 8.69. The van der Waals surface area contributed by atoms with E-state index in [0.29, 0.717) is 29.7 Å². The van der Waals surface area contributed by atoms with Gasteiger partial charge in [0, 0.05) is 32.1 Å². The van der Waals surface area contributed by atoms with Crippen molar-refractivity contribution in [3.05, 3.63) is 47.1 Å². The van der Waals surface area contributed by atoms with Crippen LogP contribution in [0.1, 0.15) is 52.8 Å². The average molecular weight is 357 g/mol. The van der Waals surface area contributed by atoms with Gasteiger partial charge in [0.15, 0.2) is 5.82 Å². The molecule has 2 N–H and O–H groups in total. The van der Waals surface area contributed by atoms with E-state index in [-0.39, 0.29) is 18.5 Å². The number of benzene rings is 1. The van der Waals surface area contributed by atoms with Gasteiger partial charge in [-0.25, -0.2) is 4.79 Å². The van der Waals surface area contributed by atoms with Crippen molar-refractivity contribution >= 4 is 11.9 Å². The van der Waals surface area contributed by atoms with Crippen molar-refractivity contribution < 1.29 is 14.1 Å². The monoisotopic (exact) mass is 357 g/mol. The van der Waals surface area contributed by atoms with Crippen molar-refractivity contribution in [1.82, 2.24) is 25.7 Å². The van der Waals surface area contributed by atoms with Gasteiger partial charge in [-0.1, -0.05) is 23.7 Å². The molecular formula is C18H23N5O3. The van der Waals surface area contributed by atoms with Gasteiger partial charge in [-0.15, -0.1) is 0 Å². The van der Waals surface area contributed by atoms with Gasteiger partial charge in [-0.3, -0.25) is 4.79 Å². The molecule has 0 atom stereocenters. The van der Waals surface area contributed by atoms with Crippen molar-refractivity contribution in [3.63, 3.8) is 0 Å². The first-order valence-corrected chi connectivity index (χ1v) is 8.69. The normalized spacial score (nSPS) is 13.8. The lowest BCUT2D eigenvalue weighted by atomic mass is 9.85. The van der Waals surface area contributed by atoms with Crippen LogP contribution in [0.2, 0.25) is 0 Å². The number of carbonyl (C=O) groups is 2. The molecule has 26 heavy (non-hydrogen) atoms. The third-order valence-corrected chi connectivity index (χ3v) is 4.55. The summed E-state index contributed by atoms with van der Waals surface area (Å²) in [5.74, 6) is 1.44. The predicted octanol–water partition coefficient (Wildman–Crippen LogP) is 2.04. The Bertz CT molecular complexity index is 767. The number of hydrogen-bond donors (Lipinski definition) is 2. The molecule has 2 aromatic rings. The summed E-state index contributed by atoms with van der Waals surface area (Å²) in [5.41, 5.74) is 1.49. The fourth-order valence-corrected chi connectivity index (χ4v) is 2.67. The highest BCUT2D eigenvalue weighted by atomic mass is 16.5. The van der Waals surface area contributed by atoms with Gasteiger partial charge in [-0.05, 0) is 30.5 Å². The minimum Gasteiger partial charge on any atom is -0.355 e. The quantitative estimate of drug-likeness (QED) is 0.824. The summed E-state index contributed by atoms with van der Waals surface area (Å²) in [6, 6.07) is 6.86. The second-order valence-corrected chi connectivity index (χ2v) is 6.47. The van der Waals surface area contributed by atoms with Crippen LogP contribution in [0, 0.1) is 0 Å². The lowest BCUT2D eigenvalue weighted by Gasteiger charge is -2.20. The number of amides is 3. The van der Waals surface area contributed by atoms with Crippen LogP contribution in [0.15, 0.2) is 28.8 Å². The largest absolute Gasteiger partial charge is 0.355 e. The number of nitrogens with one attached hydrogen (secondary N) is 2. The Morgan fingerprint density at radius 2 is 2.00 bits per heavy atom. The second-order valence-electron chi connectivity index (χ2n) is 6.47. The molecule has 0 radical (unpaired) electrons. The Morgan fingerprint density at radius 1 is 1.27 bits per heavy atom. The molecule has 8 heteroatoms. The topological polar surface area (TPSA) is 100 Å².